The second kappa shape index (κ2) is 3.65. The first-order chi connectivity index (χ1) is 5.21. The van der Waals surface area contributed by atoms with Gasteiger partial charge >= 0.3 is 0 Å². The SMILES string of the molecule is C=CC(C)(C)SC(C)(C)C(C)=O. The van der Waals surface area contributed by atoms with Gasteiger partial charge in [0.1, 0.15) is 5.78 Å². The van der Waals surface area contributed by atoms with Crippen LogP contribution in [-0.4, -0.2) is 15.3 Å². The highest BCUT2D eigenvalue weighted by atomic mass is 32.2. The lowest BCUT2D eigenvalue weighted by Crippen LogP contribution is -2.31. The lowest BCUT2D eigenvalue weighted by Gasteiger charge is -2.30. The molecule has 0 amide bonds. The van der Waals surface area contributed by atoms with Gasteiger partial charge in [0, 0.05) is 4.75 Å². The van der Waals surface area contributed by atoms with E-state index in [1.54, 1.807) is 18.7 Å². The minimum atomic E-state index is -0.308. The molecule has 0 aromatic rings. The summed E-state index contributed by atoms with van der Waals surface area (Å²) in [6, 6.07) is 0. The first kappa shape index (κ1) is 11.8. The average Bonchev–Trinajstić information content (AvgIpc) is 1.85. The number of carbonyl (C=O) groups is 1. The molecule has 0 saturated heterocycles. The summed E-state index contributed by atoms with van der Waals surface area (Å²) in [5.74, 6) is 0.211. The van der Waals surface area contributed by atoms with Gasteiger partial charge in [-0.1, -0.05) is 6.08 Å². The van der Waals surface area contributed by atoms with E-state index >= 15 is 0 Å². The largest absolute Gasteiger partial charge is 0.298 e. The Hall–Kier alpha value is -0.240. The van der Waals surface area contributed by atoms with Gasteiger partial charge in [0.05, 0.1) is 4.75 Å². The Kier molecular flexibility index (Phi) is 3.58. The van der Waals surface area contributed by atoms with E-state index < -0.39 is 0 Å². The molecular weight excluding hydrogens is 168 g/mol. The quantitative estimate of drug-likeness (QED) is 0.628. The molecule has 0 spiro atoms. The van der Waals surface area contributed by atoms with Crippen molar-refractivity contribution in [1.82, 2.24) is 0 Å². The van der Waals surface area contributed by atoms with Crippen molar-refractivity contribution in [1.29, 1.82) is 0 Å². The Morgan fingerprint density at radius 2 is 1.75 bits per heavy atom. The highest BCUT2D eigenvalue weighted by Gasteiger charge is 2.30. The normalized spacial score (nSPS) is 12.8. The third-order valence-electron chi connectivity index (χ3n) is 1.86. The van der Waals surface area contributed by atoms with Gasteiger partial charge in [0.2, 0.25) is 0 Å². The van der Waals surface area contributed by atoms with E-state index in [2.05, 4.69) is 20.4 Å². The average molecular weight is 186 g/mol. The van der Waals surface area contributed by atoms with Crippen LogP contribution in [0.2, 0.25) is 0 Å². The number of Topliss-reactive ketones (excluding diaryl/α,β-unsaturated/α-hetero) is 1. The molecule has 2 heteroatoms. The maximum Gasteiger partial charge on any atom is 0.145 e. The van der Waals surface area contributed by atoms with Gasteiger partial charge in [-0.05, 0) is 34.6 Å². The standard InChI is InChI=1S/C10H18OS/c1-7-9(3,4)12-10(5,6)8(2)11/h7H,1H2,2-6H3. The summed E-state index contributed by atoms with van der Waals surface area (Å²) in [6.45, 7) is 13.4. The highest BCUT2D eigenvalue weighted by Crippen LogP contribution is 2.37. The Morgan fingerprint density at radius 3 is 2.00 bits per heavy atom. The number of ketones is 1. The molecule has 1 nitrogen and oxygen atoms in total. The van der Waals surface area contributed by atoms with E-state index in [1.807, 2.05) is 19.9 Å². The van der Waals surface area contributed by atoms with Crippen LogP contribution >= 0.6 is 11.8 Å². The fourth-order valence-electron chi connectivity index (χ4n) is 0.771. The van der Waals surface area contributed by atoms with E-state index in [9.17, 15) is 4.79 Å². The molecular formula is C10H18OS. The topological polar surface area (TPSA) is 17.1 Å². The van der Waals surface area contributed by atoms with E-state index in [0.717, 1.165) is 0 Å². The van der Waals surface area contributed by atoms with Gasteiger partial charge < -0.3 is 0 Å². The van der Waals surface area contributed by atoms with Crippen molar-refractivity contribution in [3.05, 3.63) is 12.7 Å². The molecule has 0 rings (SSSR count). The molecule has 0 saturated carbocycles. The third-order valence-corrected chi connectivity index (χ3v) is 3.35. The number of rotatable bonds is 4. The lowest BCUT2D eigenvalue weighted by atomic mass is 10.1. The molecule has 12 heavy (non-hydrogen) atoms. The van der Waals surface area contributed by atoms with Crippen LogP contribution in [0.5, 0.6) is 0 Å². The fourth-order valence-corrected chi connectivity index (χ4v) is 2.31. The summed E-state index contributed by atoms with van der Waals surface area (Å²) in [4.78, 5) is 11.2. The molecule has 0 unspecified atom stereocenters. The number of thioether (sulfide) groups is 1. The van der Waals surface area contributed by atoms with Crippen LogP contribution in [0, 0.1) is 0 Å². The van der Waals surface area contributed by atoms with E-state index in [0.29, 0.717) is 0 Å². The fraction of sp³-hybridized carbons (Fsp3) is 0.700. The molecule has 0 aromatic heterocycles. The maximum absolute atomic E-state index is 11.2. The molecule has 0 aromatic carbocycles. The first-order valence-corrected chi connectivity index (χ1v) is 4.88. The molecule has 0 aliphatic rings. The Balaban J connectivity index is 4.44. The van der Waals surface area contributed by atoms with Crippen LogP contribution in [0.15, 0.2) is 12.7 Å². The Bertz CT molecular complexity index is 192. The zero-order chi connectivity index (χ0) is 9.99. The number of carbonyl (C=O) groups excluding carboxylic acids is 1. The number of hydrogen-bond donors (Lipinski definition) is 0. The van der Waals surface area contributed by atoms with Crippen molar-refractivity contribution in [3.63, 3.8) is 0 Å². The summed E-state index contributed by atoms with van der Waals surface area (Å²) in [6.07, 6.45) is 1.88. The number of hydrogen-bond acceptors (Lipinski definition) is 2. The van der Waals surface area contributed by atoms with Crippen molar-refractivity contribution in [2.75, 3.05) is 0 Å². The smallest absolute Gasteiger partial charge is 0.145 e. The zero-order valence-electron chi connectivity index (χ0n) is 8.60. The van der Waals surface area contributed by atoms with Gasteiger partial charge in [0.15, 0.2) is 0 Å². The van der Waals surface area contributed by atoms with Crippen LogP contribution in [0.25, 0.3) is 0 Å². The van der Waals surface area contributed by atoms with Crippen LogP contribution < -0.4 is 0 Å². The van der Waals surface area contributed by atoms with Crippen molar-refractivity contribution in [2.24, 2.45) is 0 Å². The second-order valence-electron chi connectivity index (χ2n) is 3.98. The molecule has 70 valence electrons. The molecule has 0 fully saturated rings. The Morgan fingerprint density at radius 1 is 1.33 bits per heavy atom. The van der Waals surface area contributed by atoms with E-state index in [4.69, 9.17) is 0 Å². The van der Waals surface area contributed by atoms with Gasteiger partial charge in [-0.2, -0.15) is 0 Å². The van der Waals surface area contributed by atoms with Crippen LogP contribution in [0.3, 0.4) is 0 Å². The predicted molar refractivity (Wildman–Crippen MR) is 56.6 cm³/mol. The summed E-state index contributed by atoms with van der Waals surface area (Å²) in [5, 5.41) is 0. The summed E-state index contributed by atoms with van der Waals surface area (Å²) < 4.78 is -0.340. The molecule has 0 aliphatic carbocycles. The van der Waals surface area contributed by atoms with Crippen LogP contribution in [0.4, 0.5) is 0 Å². The monoisotopic (exact) mass is 186 g/mol. The molecule has 0 heterocycles. The van der Waals surface area contributed by atoms with Gasteiger partial charge in [-0.15, -0.1) is 18.3 Å². The molecule has 0 bridgehead atoms. The third kappa shape index (κ3) is 3.44. The van der Waals surface area contributed by atoms with Gasteiger partial charge in [-0.3, -0.25) is 4.79 Å². The highest BCUT2D eigenvalue weighted by molar-refractivity contribution is 8.02. The molecule has 0 N–H and O–H groups in total. The second-order valence-corrected chi connectivity index (χ2v) is 6.25. The van der Waals surface area contributed by atoms with Crippen molar-refractivity contribution in [2.45, 2.75) is 44.1 Å². The van der Waals surface area contributed by atoms with Gasteiger partial charge in [-0.25, -0.2) is 0 Å². The predicted octanol–water partition coefficient (Wildman–Crippen LogP) is 3.05. The lowest BCUT2D eigenvalue weighted by molar-refractivity contribution is -0.118. The van der Waals surface area contributed by atoms with Crippen molar-refractivity contribution >= 4 is 17.5 Å². The first-order valence-electron chi connectivity index (χ1n) is 4.06. The summed E-state index contributed by atoms with van der Waals surface area (Å²) in [7, 11) is 0. The van der Waals surface area contributed by atoms with Crippen LogP contribution in [-0.2, 0) is 4.79 Å². The maximum atomic E-state index is 11.2. The van der Waals surface area contributed by atoms with E-state index in [-0.39, 0.29) is 15.3 Å². The van der Waals surface area contributed by atoms with Crippen molar-refractivity contribution < 1.29 is 4.79 Å². The summed E-state index contributed by atoms with van der Waals surface area (Å²) >= 11 is 1.64. The van der Waals surface area contributed by atoms with E-state index in [1.165, 1.54) is 0 Å². The minimum Gasteiger partial charge on any atom is -0.298 e. The zero-order valence-corrected chi connectivity index (χ0v) is 9.42. The minimum absolute atomic E-state index is 0.0326. The van der Waals surface area contributed by atoms with Crippen LogP contribution in [0.1, 0.15) is 34.6 Å². The molecule has 0 radical (unpaired) electrons. The summed E-state index contributed by atoms with van der Waals surface area (Å²) in [5.41, 5.74) is 0. The van der Waals surface area contributed by atoms with Crippen molar-refractivity contribution in [3.8, 4) is 0 Å². The molecule has 0 aliphatic heterocycles. The van der Waals surface area contributed by atoms with Gasteiger partial charge in [0.25, 0.3) is 0 Å². The molecule has 0 atom stereocenters. The Labute approximate surface area is 79.6 Å².